The summed E-state index contributed by atoms with van der Waals surface area (Å²) in [6.07, 6.45) is 0.319. The van der Waals surface area contributed by atoms with Gasteiger partial charge in [0, 0.05) is 15.5 Å². The van der Waals surface area contributed by atoms with Crippen LogP contribution < -0.4 is 5.32 Å². The Hall–Kier alpha value is -0.860. The topological polar surface area (TPSA) is 52.9 Å². The fraction of sp³-hybridized carbons (Fsp3) is 0.200. The maximum atomic E-state index is 11.6. The van der Waals surface area contributed by atoms with E-state index in [9.17, 15) is 4.79 Å². The van der Waals surface area contributed by atoms with Gasteiger partial charge in [0.25, 0.3) is 5.91 Å². The van der Waals surface area contributed by atoms with Crippen LogP contribution in [-0.2, 0) is 0 Å². The van der Waals surface area contributed by atoms with Crippen LogP contribution in [-0.4, -0.2) is 12.5 Å². The Bertz CT molecular complexity index is 412. The van der Waals surface area contributed by atoms with Gasteiger partial charge in [-0.25, -0.2) is 0 Å². The predicted molar refractivity (Wildman–Crippen MR) is 64.4 cm³/mol. The highest BCUT2D eigenvalue weighted by Gasteiger charge is 2.08. The lowest BCUT2D eigenvalue weighted by atomic mass is 10.2. The van der Waals surface area contributed by atoms with Crippen molar-refractivity contribution in [1.29, 1.82) is 5.26 Å². The lowest BCUT2D eigenvalue weighted by molar-refractivity contribution is 0.0954. The lowest BCUT2D eigenvalue weighted by Crippen LogP contribution is -2.24. The molecule has 0 spiro atoms. The van der Waals surface area contributed by atoms with E-state index in [-0.39, 0.29) is 5.91 Å². The third kappa shape index (κ3) is 3.65. The smallest absolute Gasteiger partial charge is 0.252 e. The summed E-state index contributed by atoms with van der Waals surface area (Å²) in [4.78, 5) is 11.6. The maximum Gasteiger partial charge on any atom is 0.252 e. The van der Waals surface area contributed by atoms with Crippen molar-refractivity contribution in [2.24, 2.45) is 0 Å². The van der Waals surface area contributed by atoms with Crippen molar-refractivity contribution in [3.63, 3.8) is 0 Å². The molecule has 0 aliphatic rings. The summed E-state index contributed by atoms with van der Waals surface area (Å²) >= 11 is 6.61. The Balaban J connectivity index is 2.70. The summed E-state index contributed by atoms with van der Waals surface area (Å²) in [6, 6.07) is 7.28. The number of rotatable bonds is 3. The highest BCUT2D eigenvalue weighted by Crippen LogP contribution is 2.21. The van der Waals surface area contributed by atoms with Crippen molar-refractivity contribution in [2.75, 3.05) is 6.54 Å². The molecule has 3 nitrogen and oxygen atoms in total. The van der Waals surface area contributed by atoms with Crippen LogP contribution in [0.3, 0.4) is 0 Å². The summed E-state index contributed by atoms with van der Waals surface area (Å²) < 4.78 is 1.63. The quantitative estimate of drug-likeness (QED) is 0.866. The minimum atomic E-state index is -0.176. The van der Waals surface area contributed by atoms with Gasteiger partial charge in [0.1, 0.15) is 0 Å². The van der Waals surface area contributed by atoms with E-state index < -0.39 is 0 Å². The van der Waals surface area contributed by atoms with Crippen LogP contribution in [0.2, 0.25) is 0 Å². The number of amides is 1. The highest BCUT2D eigenvalue weighted by atomic mass is 79.9. The van der Waals surface area contributed by atoms with Crippen molar-refractivity contribution in [3.8, 4) is 6.07 Å². The van der Waals surface area contributed by atoms with E-state index in [0.29, 0.717) is 18.5 Å². The standard InChI is InChI=1S/C10H8Br2N2O/c11-7-2-3-8(9(12)6-7)10(15)14-5-1-4-13/h2-3,6H,1,5H2,(H,14,15). The molecule has 0 radical (unpaired) electrons. The number of halogens is 2. The number of nitriles is 1. The molecule has 1 amide bonds. The summed E-state index contributed by atoms with van der Waals surface area (Å²) in [6.45, 7) is 0.373. The second-order valence-corrected chi connectivity index (χ2v) is 4.56. The van der Waals surface area contributed by atoms with Crippen LogP contribution in [0.25, 0.3) is 0 Å². The molecule has 0 heterocycles. The number of carbonyl (C=O) groups is 1. The number of hydrogen-bond donors (Lipinski definition) is 1. The van der Waals surface area contributed by atoms with Crippen molar-refractivity contribution >= 4 is 37.8 Å². The second-order valence-electron chi connectivity index (χ2n) is 2.79. The Morgan fingerprint density at radius 3 is 2.80 bits per heavy atom. The van der Waals surface area contributed by atoms with Crippen LogP contribution in [0.15, 0.2) is 27.1 Å². The van der Waals surface area contributed by atoms with Gasteiger partial charge in [-0.05, 0) is 34.1 Å². The molecule has 0 atom stereocenters. The summed E-state index contributed by atoms with van der Waals surface area (Å²) in [5.41, 5.74) is 0.566. The zero-order valence-electron chi connectivity index (χ0n) is 7.76. The minimum Gasteiger partial charge on any atom is -0.351 e. The van der Waals surface area contributed by atoms with Crippen molar-refractivity contribution in [3.05, 3.63) is 32.7 Å². The zero-order valence-corrected chi connectivity index (χ0v) is 10.9. The van der Waals surface area contributed by atoms with Gasteiger partial charge in [0.05, 0.1) is 18.1 Å². The number of carbonyl (C=O) groups excluding carboxylic acids is 1. The molecule has 0 aliphatic heterocycles. The number of benzene rings is 1. The molecule has 1 N–H and O–H groups in total. The van der Waals surface area contributed by atoms with Crippen LogP contribution in [0.5, 0.6) is 0 Å². The average Bonchev–Trinajstić information content (AvgIpc) is 2.17. The van der Waals surface area contributed by atoms with Gasteiger partial charge in [-0.15, -0.1) is 0 Å². The predicted octanol–water partition coefficient (Wildman–Crippen LogP) is 2.86. The Labute approximate surface area is 105 Å². The van der Waals surface area contributed by atoms with E-state index in [4.69, 9.17) is 5.26 Å². The third-order valence-corrected chi connectivity index (χ3v) is 2.85. The third-order valence-electron chi connectivity index (χ3n) is 1.70. The van der Waals surface area contributed by atoms with Gasteiger partial charge < -0.3 is 5.32 Å². The van der Waals surface area contributed by atoms with Crippen LogP contribution in [0.1, 0.15) is 16.8 Å². The van der Waals surface area contributed by atoms with Crippen LogP contribution in [0.4, 0.5) is 0 Å². The molecule has 0 bridgehead atoms. The molecular weight excluding hydrogens is 324 g/mol. The maximum absolute atomic E-state index is 11.6. The van der Waals surface area contributed by atoms with E-state index in [1.807, 2.05) is 6.07 Å². The van der Waals surface area contributed by atoms with E-state index >= 15 is 0 Å². The summed E-state index contributed by atoms with van der Waals surface area (Å²) in [5, 5.41) is 11.0. The molecule has 0 aliphatic carbocycles. The molecule has 0 aromatic heterocycles. The highest BCUT2D eigenvalue weighted by molar-refractivity contribution is 9.11. The van der Waals surface area contributed by atoms with E-state index in [1.165, 1.54) is 0 Å². The minimum absolute atomic E-state index is 0.176. The van der Waals surface area contributed by atoms with Gasteiger partial charge in [0.2, 0.25) is 0 Å². The van der Waals surface area contributed by atoms with E-state index in [0.717, 1.165) is 8.95 Å². The molecule has 0 fully saturated rings. The fourth-order valence-corrected chi connectivity index (χ4v) is 2.23. The first-order valence-corrected chi connectivity index (χ1v) is 5.84. The monoisotopic (exact) mass is 330 g/mol. The number of nitrogens with zero attached hydrogens (tertiary/aromatic N) is 1. The zero-order chi connectivity index (χ0) is 11.3. The van der Waals surface area contributed by atoms with Crippen molar-refractivity contribution in [2.45, 2.75) is 6.42 Å². The molecule has 0 saturated carbocycles. The molecule has 1 aromatic carbocycles. The number of nitrogens with one attached hydrogen (secondary N) is 1. The molecule has 0 unspecified atom stereocenters. The van der Waals surface area contributed by atoms with Crippen molar-refractivity contribution < 1.29 is 4.79 Å². The first-order chi connectivity index (χ1) is 7.15. The molecule has 15 heavy (non-hydrogen) atoms. The van der Waals surface area contributed by atoms with Gasteiger partial charge in [-0.1, -0.05) is 15.9 Å². The molecule has 1 rings (SSSR count). The molecule has 0 saturated heterocycles. The van der Waals surface area contributed by atoms with E-state index in [2.05, 4.69) is 37.2 Å². The Morgan fingerprint density at radius 2 is 2.20 bits per heavy atom. The summed E-state index contributed by atoms with van der Waals surface area (Å²) in [7, 11) is 0. The SMILES string of the molecule is N#CCCNC(=O)c1ccc(Br)cc1Br. The lowest BCUT2D eigenvalue weighted by Gasteiger charge is -2.05. The number of hydrogen-bond acceptors (Lipinski definition) is 2. The van der Waals surface area contributed by atoms with E-state index in [1.54, 1.807) is 18.2 Å². The Morgan fingerprint density at radius 1 is 1.47 bits per heavy atom. The van der Waals surface area contributed by atoms with Crippen molar-refractivity contribution in [1.82, 2.24) is 5.32 Å². The first-order valence-electron chi connectivity index (χ1n) is 4.25. The Kier molecular flexibility index (Phi) is 4.79. The van der Waals surface area contributed by atoms with Gasteiger partial charge in [-0.3, -0.25) is 4.79 Å². The van der Waals surface area contributed by atoms with Gasteiger partial charge >= 0.3 is 0 Å². The largest absolute Gasteiger partial charge is 0.351 e. The van der Waals surface area contributed by atoms with Gasteiger partial charge in [0.15, 0.2) is 0 Å². The van der Waals surface area contributed by atoms with Crippen LogP contribution >= 0.6 is 31.9 Å². The molecule has 1 aromatic rings. The normalized spacial score (nSPS) is 9.40. The average molecular weight is 332 g/mol. The first kappa shape index (κ1) is 12.2. The van der Waals surface area contributed by atoms with Crippen LogP contribution in [0, 0.1) is 11.3 Å². The fourth-order valence-electron chi connectivity index (χ4n) is 1.00. The van der Waals surface area contributed by atoms with Gasteiger partial charge in [-0.2, -0.15) is 5.26 Å². The second kappa shape index (κ2) is 5.89. The molecular formula is C10H8Br2N2O. The molecule has 78 valence electrons. The molecule has 5 heteroatoms. The summed E-state index contributed by atoms with van der Waals surface area (Å²) in [5.74, 6) is -0.176.